The molecule has 0 saturated carbocycles. The lowest BCUT2D eigenvalue weighted by Crippen LogP contribution is -2.44. The van der Waals surface area contributed by atoms with Gasteiger partial charge >= 0.3 is 11.9 Å². The zero-order valence-electron chi connectivity index (χ0n) is 10.2. The molecule has 1 atom stereocenters. The summed E-state index contributed by atoms with van der Waals surface area (Å²) in [5, 5.41) is 9.94. The van der Waals surface area contributed by atoms with Gasteiger partial charge in [0.2, 0.25) is 5.79 Å². The van der Waals surface area contributed by atoms with Crippen molar-refractivity contribution in [2.45, 2.75) is 38.4 Å². The molecule has 1 heterocycles. The molecular formula is C12H16O6. The maximum atomic E-state index is 11.5. The summed E-state index contributed by atoms with van der Waals surface area (Å²) >= 11 is 0. The summed E-state index contributed by atoms with van der Waals surface area (Å²) in [6.45, 7) is 5.16. The molecule has 1 unspecified atom stereocenters. The number of hydrogen-bond donors (Lipinski definition) is 1. The van der Waals surface area contributed by atoms with Gasteiger partial charge in [0.1, 0.15) is 11.8 Å². The first-order valence-corrected chi connectivity index (χ1v) is 5.69. The Balaban J connectivity index is 2.44. The Bertz CT molecular complexity index is 373. The van der Waals surface area contributed by atoms with Crippen LogP contribution < -0.4 is 0 Å². The lowest BCUT2D eigenvalue weighted by molar-refractivity contribution is -0.260. The summed E-state index contributed by atoms with van der Waals surface area (Å²) in [6.07, 6.45) is 4.83. The molecule has 1 aliphatic rings. The Kier molecular flexibility index (Phi) is 4.91. The minimum Gasteiger partial charge on any atom is -0.465 e. The first-order valence-electron chi connectivity index (χ1n) is 5.69. The third-order valence-corrected chi connectivity index (χ3v) is 2.50. The SMILES string of the molecule is C=CC(=O)OOC(=O)C1=COC1(O)CCCCC. The maximum Gasteiger partial charge on any atom is 0.392 e. The van der Waals surface area contributed by atoms with Gasteiger partial charge in [0, 0.05) is 12.5 Å². The molecule has 0 aromatic rings. The van der Waals surface area contributed by atoms with Crippen LogP contribution in [0.15, 0.2) is 24.5 Å². The third-order valence-electron chi connectivity index (χ3n) is 2.50. The maximum absolute atomic E-state index is 11.5. The van der Waals surface area contributed by atoms with Crippen molar-refractivity contribution in [1.29, 1.82) is 0 Å². The van der Waals surface area contributed by atoms with Gasteiger partial charge < -0.3 is 9.84 Å². The van der Waals surface area contributed by atoms with E-state index < -0.39 is 17.7 Å². The van der Waals surface area contributed by atoms with E-state index in [0.29, 0.717) is 6.42 Å². The van der Waals surface area contributed by atoms with Gasteiger partial charge in [-0.05, 0) is 6.42 Å². The highest BCUT2D eigenvalue weighted by Crippen LogP contribution is 2.34. The molecule has 0 amide bonds. The lowest BCUT2D eigenvalue weighted by atomic mass is 9.97. The molecule has 0 bridgehead atoms. The predicted octanol–water partition coefficient (Wildman–Crippen LogP) is 1.36. The van der Waals surface area contributed by atoms with Crippen LogP contribution in [0.2, 0.25) is 0 Å². The van der Waals surface area contributed by atoms with Crippen molar-refractivity contribution >= 4 is 11.9 Å². The average Bonchev–Trinajstić information content (AvgIpc) is 2.34. The molecule has 0 aromatic carbocycles. The van der Waals surface area contributed by atoms with Crippen LogP contribution in [0.5, 0.6) is 0 Å². The highest BCUT2D eigenvalue weighted by atomic mass is 17.2. The van der Waals surface area contributed by atoms with Crippen LogP contribution in [0.1, 0.15) is 32.6 Å². The van der Waals surface area contributed by atoms with Crippen molar-refractivity contribution < 1.29 is 29.2 Å². The Labute approximate surface area is 105 Å². The summed E-state index contributed by atoms with van der Waals surface area (Å²) in [6, 6.07) is 0. The zero-order valence-corrected chi connectivity index (χ0v) is 10.2. The monoisotopic (exact) mass is 256 g/mol. The molecule has 1 aliphatic heterocycles. The number of aliphatic hydroxyl groups is 1. The Hall–Kier alpha value is -1.82. The van der Waals surface area contributed by atoms with Crippen LogP contribution in [0.3, 0.4) is 0 Å². The number of unbranched alkanes of at least 4 members (excludes halogenated alkanes) is 2. The fourth-order valence-corrected chi connectivity index (χ4v) is 1.43. The van der Waals surface area contributed by atoms with Crippen molar-refractivity contribution in [1.82, 2.24) is 0 Å². The quantitative estimate of drug-likeness (QED) is 0.334. The van der Waals surface area contributed by atoms with E-state index in [2.05, 4.69) is 16.4 Å². The standard InChI is InChI=1S/C12H16O6/c1-3-5-6-7-12(15)9(8-16-12)11(14)18-17-10(13)4-2/h4,8,15H,2-3,5-7H2,1H3. The van der Waals surface area contributed by atoms with E-state index in [0.717, 1.165) is 25.2 Å². The molecule has 6 nitrogen and oxygen atoms in total. The fraction of sp³-hybridized carbons (Fsp3) is 0.500. The molecule has 0 saturated heterocycles. The van der Waals surface area contributed by atoms with Crippen molar-refractivity contribution in [3.63, 3.8) is 0 Å². The minimum atomic E-state index is -1.63. The van der Waals surface area contributed by atoms with Gasteiger partial charge in [0.05, 0.1) is 0 Å². The van der Waals surface area contributed by atoms with Gasteiger partial charge in [-0.25, -0.2) is 19.4 Å². The summed E-state index contributed by atoms with van der Waals surface area (Å²) in [4.78, 5) is 30.5. The van der Waals surface area contributed by atoms with Crippen molar-refractivity contribution in [3.05, 3.63) is 24.5 Å². The highest BCUT2D eigenvalue weighted by molar-refractivity contribution is 5.91. The molecular weight excluding hydrogens is 240 g/mol. The molecule has 1 rings (SSSR count). The molecule has 0 aliphatic carbocycles. The van der Waals surface area contributed by atoms with Gasteiger partial charge in [-0.15, -0.1) is 0 Å². The van der Waals surface area contributed by atoms with E-state index in [1.807, 2.05) is 6.92 Å². The zero-order chi connectivity index (χ0) is 13.6. The van der Waals surface area contributed by atoms with Crippen LogP contribution in [-0.2, 0) is 24.1 Å². The summed E-state index contributed by atoms with van der Waals surface area (Å²) in [5.74, 6) is -3.47. The summed E-state index contributed by atoms with van der Waals surface area (Å²) in [7, 11) is 0. The van der Waals surface area contributed by atoms with E-state index in [-0.39, 0.29) is 12.0 Å². The second kappa shape index (κ2) is 6.20. The Morgan fingerprint density at radius 2 is 2.22 bits per heavy atom. The van der Waals surface area contributed by atoms with E-state index in [4.69, 9.17) is 4.74 Å². The number of hydrogen-bond acceptors (Lipinski definition) is 6. The van der Waals surface area contributed by atoms with Crippen molar-refractivity contribution in [2.75, 3.05) is 0 Å². The minimum absolute atomic E-state index is 0.0598. The molecule has 0 radical (unpaired) electrons. The van der Waals surface area contributed by atoms with Crippen molar-refractivity contribution in [3.8, 4) is 0 Å². The highest BCUT2D eigenvalue weighted by Gasteiger charge is 2.46. The lowest BCUT2D eigenvalue weighted by Gasteiger charge is -2.34. The number of ether oxygens (including phenoxy) is 1. The van der Waals surface area contributed by atoms with E-state index in [1.54, 1.807) is 0 Å². The van der Waals surface area contributed by atoms with Gasteiger partial charge in [-0.3, -0.25) is 0 Å². The van der Waals surface area contributed by atoms with E-state index >= 15 is 0 Å². The summed E-state index contributed by atoms with van der Waals surface area (Å²) in [5.41, 5.74) is -0.0598. The number of carbonyl (C=O) groups excluding carboxylic acids is 2. The van der Waals surface area contributed by atoms with E-state index in [9.17, 15) is 14.7 Å². The molecule has 18 heavy (non-hydrogen) atoms. The summed E-state index contributed by atoms with van der Waals surface area (Å²) < 4.78 is 4.86. The molecule has 0 aromatic heterocycles. The van der Waals surface area contributed by atoms with Crippen LogP contribution in [0, 0.1) is 0 Å². The number of rotatable bonds is 6. The average molecular weight is 256 g/mol. The number of carbonyl (C=O) groups is 2. The molecule has 0 fully saturated rings. The topological polar surface area (TPSA) is 82.1 Å². The van der Waals surface area contributed by atoms with Crippen molar-refractivity contribution in [2.24, 2.45) is 0 Å². The Morgan fingerprint density at radius 3 is 2.72 bits per heavy atom. The molecule has 1 N–H and O–H groups in total. The van der Waals surface area contributed by atoms with E-state index in [1.165, 1.54) is 0 Å². The van der Waals surface area contributed by atoms with Gasteiger partial charge in [-0.2, -0.15) is 0 Å². The van der Waals surface area contributed by atoms with Gasteiger partial charge in [0.25, 0.3) is 0 Å². The van der Waals surface area contributed by atoms with Crippen LogP contribution >= 0.6 is 0 Å². The van der Waals surface area contributed by atoms with Crippen LogP contribution in [-0.4, -0.2) is 22.8 Å². The predicted molar refractivity (Wildman–Crippen MR) is 60.6 cm³/mol. The largest absolute Gasteiger partial charge is 0.465 e. The molecule has 6 heteroatoms. The molecule has 100 valence electrons. The van der Waals surface area contributed by atoms with Crippen LogP contribution in [0.4, 0.5) is 0 Å². The fourth-order valence-electron chi connectivity index (χ4n) is 1.43. The second-order valence-electron chi connectivity index (χ2n) is 3.87. The van der Waals surface area contributed by atoms with Gasteiger partial charge in [-0.1, -0.05) is 26.3 Å². The first-order chi connectivity index (χ1) is 8.53. The smallest absolute Gasteiger partial charge is 0.392 e. The van der Waals surface area contributed by atoms with Gasteiger partial charge in [0.15, 0.2) is 0 Å². The Morgan fingerprint density at radius 1 is 1.50 bits per heavy atom. The normalized spacial score (nSPS) is 21.1. The second-order valence-corrected chi connectivity index (χ2v) is 3.87. The molecule has 0 spiro atoms. The van der Waals surface area contributed by atoms with Crippen LogP contribution in [0.25, 0.3) is 0 Å². The first kappa shape index (κ1) is 14.2. The third kappa shape index (κ3) is 3.33.